The third kappa shape index (κ3) is 2.24. The molecule has 0 radical (unpaired) electrons. The Hall–Kier alpha value is -2.37. The highest BCUT2D eigenvalue weighted by molar-refractivity contribution is 5.82. The van der Waals surface area contributed by atoms with Crippen molar-refractivity contribution < 1.29 is 0 Å². The molecular weight excluding hydrogens is 268 g/mol. The second-order valence-electron chi connectivity index (χ2n) is 5.70. The van der Waals surface area contributed by atoms with E-state index in [1.54, 1.807) is 0 Å². The van der Waals surface area contributed by atoms with Gasteiger partial charge in [-0.1, -0.05) is 54.6 Å². The van der Waals surface area contributed by atoms with Crippen LogP contribution < -0.4 is 5.32 Å². The Morgan fingerprint density at radius 1 is 1.05 bits per heavy atom. The fraction of sp³-hybridized carbons (Fsp3) is 0.250. The van der Waals surface area contributed by atoms with Crippen molar-refractivity contribution in [2.45, 2.75) is 18.3 Å². The maximum Gasteiger partial charge on any atom is 0.108 e. The van der Waals surface area contributed by atoms with E-state index in [1.807, 2.05) is 18.2 Å². The first-order valence-electron chi connectivity index (χ1n) is 7.76. The van der Waals surface area contributed by atoms with Crippen molar-refractivity contribution in [3.05, 3.63) is 72.3 Å². The molecule has 22 heavy (non-hydrogen) atoms. The molecule has 0 saturated carbocycles. The van der Waals surface area contributed by atoms with Crippen LogP contribution in [0.1, 0.15) is 24.0 Å². The van der Waals surface area contributed by atoms with Crippen molar-refractivity contribution in [1.82, 2.24) is 5.32 Å². The molecule has 0 fully saturated rings. The lowest BCUT2D eigenvalue weighted by Gasteiger charge is -2.24. The Balaban J connectivity index is 1.96. The summed E-state index contributed by atoms with van der Waals surface area (Å²) >= 11 is 0. The number of hydrogen-bond acceptors (Lipinski definition) is 2. The molecule has 0 aromatic heterocycles. The number of nitrogens with one attached hydrogen (secondary N) is 1. The highest BCUT2D eigenvalue weighted by atomic mass is 14.8. The van der Waals surface area contributed by atoms with Crippen LogP contribution in [0.15, 0.2) is 61.2 Å². The third-order valence-corrected chi connectivity index (χ3v) is 4.45. The van der Waals surface area contributed by atoms with Crippen molar-refractivity contribution in [2.75, 3.05) is 13.1 Å². The summed E-state index contributed by atoms with van der Waals surface area (Å²) in [6.45, 7) is 5.43. The predicted octanol–water partition coefficient (Wildman–Crippen LogP) is 4.03. The largest absolute Gasteiger partial charge is 0.313 e. The van der Waals surface area contributed by atoms with Gasteiger partial charge in [-0.3, -0.25) is 0 Å². The van der Waals surface area contributed by atoms with Crippen LogP contribution >= 0.6 is 0 Å². The first kappa shape index (κ1) is 14.6. The summed E-state index contributed by atoms with van der Waals surface area (Å²) < 4.78 is 0. The molecule has 0 bridgehead atoms. The van der Waals surface area contributed by atoms with Gasteiger partial charge in [-0.2, -0.15) is 5.26 Å². The molecule has 0 unspecified atom stereocenters. The fourth-order valence-corrected chi connectivity index (χ4v) is 3.45. The second kappa shape index (κ2) is 6.17. The summed E-state index contributed by atoms with van der Waals surface area (Å²) in [6, 6.07) is 19.3. The lowest BCUT2D eigenvalue weighted by atomic mass is 9.76. The minimum absolute atomic E-state index is 0.511. The lowest BCUT2D eigenvalue weighted by molar-refractivity contribution is 0.551. The average molecular weight is 288 g/mol. The average Bonchev–Trinajstić information content (AvgIpc) is 2.86. The zero-order valence-corrected chi connectivity index (χ0v) is 12.7. The monoisotopic (exact) mass is 288 g/mol. The van der Waals surface area contributed by atoms with Crippen LogP contribution in [0.2, 0.25) is 0 Å². The molecule has 1 aliphatic carbocycles. The van der Waals surface area contributed by atoms with Gasteiger partial charge in [0, 0.05) is 6.54 Å². The summed E-state index contributed by atoms with van der Waals surface area (Å²) in [6.07, 6.45) is 3.66. The molecule has 0 spiro atoms. The summed E-state index contributed by atoms with van der Waals surface area (Å²) in [4.78, 5) is 0. The molecule has 2 aromatic rings. The van der Waals surface area contributed by atoms with Crippen LogP contribution in [0.25, 0.3) is 11.1 Å². The molecule has 1 aliphatic rings. The molecule has 0 amide bonds. The molecule has 0 heterocycles. The summed E-state index contributed by atoms with van der Waals surface area (Å²) in [7, 11) is 0. The van der Waals surface area contributed by atoms with E-state index in [1.165, 1.54) is 11.1 Å². The minimum atomic E-state index is -0.511. The molecule has 0 aliphatic heterocycles. The van der Waals surface area contributed by atoms with Crippen molar-refractivity contribution in [3.8, 4) is 17.2 Å². The number of benzene rings is 2. The third-order valence-electron chi connectivity index (χ3n) is 4.45. The molecule has 2 nitrogen and oxygen atoms in total. The summed E-state index contributed by atoms with van der Waals surface area (Å²) in [5.74, 6) is 0. The first-order valence-corrected chi connectivity index (χ1v) is 7.76. The van der Waals surface area contributed by atoms with E-state index in [0.717, 1.165) is 37.1 Å². The smallest absolute Gasteiger partial charge is 0.108 e. The van der Waals surface area contributed by atoms with E-state index in [2.05, 4.69) is 54.4 Å². The van der Waals surface area contributed by atoms with Crippen molar-refractivity contribution in [1.29, 1.82) is 5.26 Å². The van der Waals surface area contributed by atoms with Gasteiger partial charge >= 0.3 is 0 Å². The van der Waals surface area contributed by atoms with E-state index in [4.69, 9.17) is 0 Å². The molecule has 0 saturated heterocycles. The number of nitrogens with zero attached hydrogens (tertiary/aromatic N) is 1. The molecule has 0 atom stereocenters. The number of hydrogen-bond donors (Lipinski definition) is 1. The van der Waals surface area contributed by atoms with E-state index in [9.17, 15) is 5.26 Å². The molecule has 110 valence electrons. The summed E-state index contributed by atoms with van der Waals surface area (Å²) in [5, 5.41) is 13.3. The Morgan fingerprint density at radius 3 is 2.18 bits per heavy atom. The van der Waals surface area contributed by atoms with Gasteiger partial charge in [-0.25, -0.2) is 0 Å². The van der Waals surface area contributed by atoms with Gasteiger partial charge in [0.25, 0.3) is 0 Å². The van der Waals surface area contributed by atoms with Gasteiger partial charge in [-0.15, -0.1) is 6.58 Å². The van der Waals surface area contributed by atoms with Gasteiger partial charge < -0.3 is 5.32 Å². The topological polar surface area (TPSA) is 35.8 Å². The normalized spacial score (nSPS) is 14.0. The van der Waals surface area contributed by atoms with Crippen LogP contribution in [-0.4, -0.2) is 13.1 Å². The zero-order valence-electron chi connectivity index (χ0n) is 12.7. The fourth-order valence-electron chi connectivity index (χ4n) is 3.45. The maximum absolute atomic E-state index is 10.0. The predicted molar refractivity (Wildman–Crippen MR) is 90.6 cm³/mol. The maximum atomic E-state index is 10.0. The standard InChI is InChI=1S/C20H20N2/c1-2-13-22-14-7-12-20(15-21)18-10-5-3-8-16(18)17-9-4-6-11-19(17)20/h2-6,8-11,22H,1,7,12-14H2. The zero-order chi connectivity index (χ0) is 15.4. The highest BCUT2D eigenvalue weighted by Gasteiger charge is 2.42. The van der Waals surface area contributed by atoms with Gasteiger partial charge in [0.05, 0.1) is 6.07 Å². The van der Waals surface area contributed by atoms with E-state index >= 15 is 0 Å². The minimum Gasteiger partial charge on any atom is -0.313 e. The van der Waals surface area contributed by atoms with Gasteiger partial charge in [0.15, 0.2) is 0 Å². The van der Waals surface area contributed by atoms with Gasteiger partial charge in [0.1, 0.15) is 5.41 Å². The Kier molecular flexibility index (Phi) is 4.09. The SMILES string of the molecule is C=CCNCCCC1(C#N)c2ccccc2-c2ccccc21. The van der Waals surface area contributed by atoms with Crippen molar-refractivity contribution in [2.24, 2.45) is 0 Å². The van der Waals surface area contributed by atoms with Gasteiger partial charge in [0.2, 0.25) is 0 Å². The quantitative estimate of drug-likeness (QED) is 0.643. The Bertz CT molecular complexity index is 679. The van der Waals surface area contributed by atoms with Crippen molar-refractivity contribution in [3.63, 3.8) is 0 Å². The first-order chi connectivity index (χ1) is 10.8. The molecule has 2 heteroatoms. The van der Waals surface area contributed by atoms with Crippen LogP contribution in [0.5, 0.6) is 0 Å². The van der Waals surface area contributed by atoms with E-state index < -0.39 is 5.41 Å². The number of nitriles is 1. The van der Waals surface area contributed by atoms with Crippen molar-refractivity contribution >= 4 is 0 Å². The van der Waals surface area contributed by atoms with E-state index in [-0.39, 0.29) is 0 Å². The van der Waals surface area contributed by atoms with Crippen LogP contribution in [0.4, 0.5) is 0 Å². The molecular formula is C20H20N2. The second-order valence-corrected chi connectivity index (χ2v) is 5.70. The van der Waals surface area contributed by atoms with Crippen LogP contribution in [-0.2, 0) is 5.41 Å². The Labute approximate surface area is 132 Å². The Morgan fingerprint density at radius 2 is 1.64 bits per heavy atom. The van der Waals surface area contributed by atoms with E-state index in [0.29, 0.717) is 0 Å². The molecule has 3 rings (SSSR count). The lowest BCUT2D eigenvalue weighted by Crippen LogP contribution is -2.25. The van der Waals surface area contributed by atoms with Crippen LogP contribution in [0, 0.1) is 11.3 Å². The number of rotatable bonds is 6. The summed E-state index contributed by atoms with van der Waals surface area (Å²) in [5.41, 5.74) is 4.21. The van der Waals surface area contributed by atoms with Crippen LogP contribution in [0.3, 0.4) is 0 Å². The molecule has 2 aromatic carbocycles. The highest BCUT2D eigenvalue weighted by Crippen LogP contribution is 2.50. The molecule has 1 N–H and O–H groups in total. The van der Waals surface area contributed by atoms with Gasteiger partial charge in [-0.05, 0) is 41.6 Å². The number of fused-ring (bicyclic) bond motifs is 3.